The van der Waals surface area contributed by atoms with E-state index in [1.165, 1.54) is 12.1 Å². The third kappa shape index (κ3) is 6.52. The minimum absolute atomic E-state index is 0.0633. The summed E-state index contributed by atoms with van der Waals surface area (Å²) in [5.41, 5.74) is 0.924. The Morgan fingerprint density at radius 2 is 1.73 bits per heavy atom. The molecule has 178 valence electrons. The van der Waals surface area contributed by atoms with Crippen molar-refractivity contribution in [2.24, 2.45) is 5.92 Å². The lowest BCUT2D eigenvalue weighted by atomic mass is 10.1. The highest BCUT2D eigenvalue weighted by molar-refractivity contribution is 7.89. The van der Waals surface area contributed by atoms with Gasteiger partial charge in [-0.05, 0) is 37.1 Å². The Labute approximate surface area is 194 Å². The van der Waals surface area contributed by atoms with Gasteiger partial charge < -0.3 is 14.5 Å². The molecule has 10 heteroatoms. The molecular weight excluding hydrogens is 444 g/mol. The van der Waals surface area contributed by atoms with E-state index in [-0.39, 0.29) is 16.7 Å². The number of aryl methyl sites for hydroxylation is 1. The summed E-state index contributed by atoms with van der Waals surface area (Å²) in [5.74, 6) is -0.597. The molecule has 0 saturated carbocycles. The number of pyridine rings is 1. The number of ether oxygens (including phenoxy) is 1. The van der Waals surface area contributed by atoms with Crippen LogP contribution < -0.4 is 9.62 Å². The van der Waals surface area contributed by atoms with E-state index in [4.69, 9.17) is 4.74 Å². The second-order valence-corrected chi connectivity index (χ2v) is 10.0. The number of sulfonamides is 1. The molecule has 9 nitrogen and oxygen atoms in total. The van der Waals surface area contributed by atoms with Gasteiger partial charge in [-0.15, -0.1) is 0 Å². The van der Waals surface area contributed by atoms with Crippen molar-refractivity contribution in [3.8, 4) is 0 Å². The Morgan fingerprint density at radius 3 is 2.30 bits per heavy atom. The van der Waals surface area contributed by atoms with Gasteiger partial charge in [-0.2, -0.15) is 4.72 Å². The van der Waals surface area contributed by atoms with Gasteiger partial charge >= 0.3 is 5.97 Å². The average Bonchev–Trinajstić information content (AvgIpc) is 2.81. The molecule has 2 heterocycles. The van der Waals surface area contributed by atoms with E-state index in [2.05, 4.69) is 14.6 Å². The highest BCUT2D eigenvalue weighted by atomic mass is 32.2. The van der Waals surface area contributed by atoms with Crippen LogP contribution in [0.1, 0.15) is 19.4 Å². The summed E-state index contributed by atoms with van der Waals surface area (Å²) in [6, 6.07) is 10.9. The molecule has 1 amide bonds. The molecule has 1 aromatic heterocycles. The van der Waals surface area contributed by atoms with Gasteiger partial charge in [-0.3, -0.25) is 9.59 Å². The summed E-state index contributed by atoms with van der Waals surface area (Å²) in [6.45, 7) is 7.07. The van der Waals surface area contributed by atoms with Crippen LogP contribution in [0.15, 0.2) is 53.6 Å². The third-order valence-corrected chi connectivity index (χ3v) is 6.93. The number of esters is 1. The molecule has 2 aromatic rings. The number of piperazine rings is 1. The lowest BCUT2D eigenvalue weighted by Gasteiger charge is -2.35. The normalized spacial score (nSPS) is 15.4. The molecule has 1 atom stereocenters. The van der Waals surface area contributed by atoms with Crippen molar-refractivity contribution < 1.29 is 22.7 Å². The SMILES string of the molecule is Cc1ccc(S(=O)(=O)N[C@H](C(=O)OCC(=O)N2CCN(c3ccccn3)CC2)C(C)C)cc1. The number of rotatable bonds is 8. The standard InChI is InChI=1S/C23H30N4O5S/c1-17(2)22(25-33(30,31)19-9-7-18(3)8-10-19)23(29)32-16-21(28)27-14-12-26(13-15-27)20-6-4-5-11-24-20/h4-11,17,22,25H,12-16H2,1-3H3/t22-/m0/s1. The molecule has 3 rings (SSSR count). The fourth-order valence-corrected chi connectivity index (χ4v) is 4.78. The van der Waals surface area contributed by atoms with Crippen molar-refractivity contribution in [3.05, 3.63) is 54.2 Å². The number of anilines is 1. The number of carbonyl (C=O) groups is 2. The maximum absolute atomic E-state index is 12.7. The zero-order valence-corrected chi connectivity index (χ0v) is 19.9. The quantitative estimate of drug-likeness (QED) is 0.579. The van der Waals surface area contributed by atoms with E-state index >= 15 is 0 Å². The number of hydrogen-bond acceptors (Lipinski definition) is 7. The molecule has 0 aliphatic carbocycles. The predicted molar refractivity (Wildman–Crippen MR) is 124 cm³/mol. The molecule has 0 spiro atoms. The van der Waals surface area contributed by atoms with Crippen LogP contribution in [0.3, 0.4) is 0 Å². The smallest absolute Gasteiger partial charge is 0.324 e. The molecule has 33 heavy (non-hydrogen) atoms. The van der Waals surface area contributed by atoms with Crippen LogP contribution in [0.25, 0.3) is 0 Å². The van der Waals surface area contributed by atoms with Gasteiger partial charge in [0.15, 0.2) is 6.61 Å². The van der Waals surface area contributed by atoms with Crippen LogP contribution in [0.5, 0.6) is 0 Å². The van der Waals surface area contributed by atoms with Crippen molar-refractivity contribution in [1.82, 2.24) is 14.6 Å². The van der Waals surface area contributed by atoms with E-state index in [9.17, 15) is 18.0 Å². The lowest BCUT2D eigenvalue weighted by Crippen LogP contribution is -2.51. The highest BCUT2D eigenvalue weighted by Gasteiger charge is 2.31. The largest absolute Gasteiger partial charge is 0.454 e. The third-order valence-electron chi connectivity index (χ3n) is 5.48. The molecule has 1 aliphatic rings. The summed E-state index contributed by atoms with van der Waals surface area (Å²) >= 11 is 0. The maximum Gasteiger partial charge on any atom is 0.324 e. The van der Waals surface area contributed by atoms with Crippen molar-refractivity contribution in [3.63, 3.8) is 0 Å². The van der Waals surface area contributed by atoms with E-state index in [1.807, 2.05) is 25.1 Å². The fourth-order valence-electron chi connectivity index (χ4n) is 3.45. The fraction of sp³-hybridized carbons (Fsp3) is 0.435. The van der Waals surface area contributed by atoms with Gasteiger partial charge in [0.05, 0.1) is 4.90 Å². The van der Waals surface area contributed by atoms with Gasteiger partial charge in [0.2, 0.25) is 10.0 Å². The van der Waals surface area contributed by atoms with E-state index < -0.39 is 28.6 Å². The molecule has 1 aliphatic heterocycles. The van der Waals surface area contributed by atoms with E-state index in [0.717, 1.165) is 11.4 Å². The zero-order valence-electron chi connectivity index (χ0n) is 19.1. The summed E-state index contributed by atoms with van der Waals surface area (Å²) in [4.78, 5) is 33.3. The Bertz CT molecular complexity index is 1050. The van der Waals surface area contributed by atoms with Crippen LogP contribution in [-0.2, 0) is 24.3 Å². The first-order valence-corrected chi connectivity index (χ1v) is 12.3. The number of nitrogens with one attached hydrogen (secondary N) is 1. The summed E-state index contributed by atoms with van der Waals surface area (Å²) in [5, 5.41) is 0. The second-order valence-electron chi connectivity index (χ2n) is 8.32. The van der Waals surface area contributed by atoms with Crippen LogP contribution in [0, 0.1) is 12.8 Å². The van der Waals surface area contributed by atoms with Gasteiger partial charge in [0.1, 0.15) is 11.9 Å². The Balaban J connectivity index is 1.53. The van der Waals surface area contributed by atoms with Crippen LogP contribution in [0.4, 0.5) is 5.82 Å². The van der Waals surface area contributed by atoms with Crippen molar-refractivity contribution >= 4 is 27.7 Å². The van der Waals surface area contributed by atoms with Gasteiger partial charge in [0, 0.05) is 32.4 Å². The number of nitrogens with zero attached hydrogens (tertiary/aromatic N) is 3. The van der Waals surface area contributed by atoms with Crippen LogP contribution in [0.2, 0.25) is 0 Å². The lowest BCUT2D eigenvalue weighted by molar-refractivity contribution is -0.154. The maximum atomic E-state index is 12.7. The molecule has 0 unspecified atom stereocenters. The molecule has 1 N–H and O–H groups in total. The summed E-state index contributed by atoms with van der Waals surface area (Å²) in [6.07, 6.45) is 1.73. The van der Waals surface area contributed by atoms with Crippen LogP contribution in [-0.4, -0.2) is 69.0 Å². The van der Waals surface area contributed by atoms with E-state index in [0.29, 0.717) is 26.2 Å². The number of amides is 1. The Kier molecular flexibility index (Phi) is 8.04. The van der Waals surface area contributed by atoms with Crippen LogP contribution >= 0.6 is 0 Å². The van der Waals surface area contributed by atoms with Gasteiger partial charge in [-0.25, -0.2) is 13.4 Å². The first kappa shape index (κ1) is 24.7. The Hall–Kier alpha value is -2.98. The number of hydrogen-bond donors (Lipinski definition) is 1. The molecular formula is C23H30N4O5S. The second kappa shape index (κ2) is 10.8. The first-order valence-electron chi connectivity index (χ1n) is 10.9. The van der Waals surface area contributed by atoms with Crippen molar-refractivity contribution in [2.45, 2.75) is 31.7 Å². The molecule has 1 saturated heterocycles. The summed E-state index contributed by atoms with van der Waals surface area (Å²) in [7, 11) is -3.92. The molecule has 1 fully saturated rings. The predicted octanol–water partition coefficient (Wildman–Crippen LogP) is 1.58. The van der Waals surface area contributed by atoms with Gasteiger partial charge in [0.25, 0.3) is 5.91 Å². The first-order chi connectivity index (χ1) is 15.7. The number of carbonyl (C=O) groups excluding carboxylic acids is 2. The van der Waals surface area contributed by atoms with Crippen molar-refractivity contribution in [1.29, 1.82) is 0 Å². The monoisotopic (exact) mass is 474 g/mol. The van der Waals surface area contributed by atoms with Crippen molar-refractivity contribution in [2.75, 3.05) is 37.7 Å². The summed E-state index contributed by atoms with van der Waals surface area (Å²) < 4.78 is 33.0. The molecule has 1 aromatic carbocycles. The molecule has 0 radical (unpaired) electrons. The highest BCUT2D eigenvalue weighted by Crippen LogP contribution is 2.15. The molecule has 0 bridgehead atoms. The Morgan fingerprint density at radius 1 is 1.06 bits per heavy atom. The van der Waals surface area contributed by atoms with E-state index in [1.54, 1.807) is 37.1 Å². The minimum atomic E-state index is -3.92. The topological polar surface area (TPSA) is 109 Å². The minimum Gasteiger partial charge on any atom is -0.454 e. The van der Waals surface area contributed by atoms with Gasteiger partial charge in [-0.1, -0.05) is 37.6 Å². The average molecular weight is 475 g/mol. The zero-order chi connectivity index (χ0) is 24.0. The number of benzene rings is 1. The number of aromatic nitrogens is 1.